The Morgan fingerprint density at radius 3 is 2.42 bits per heavy atom. The average Bonchev–Trinajstić information content (AvgIpc) is 2.63. The van der Waals surface area contributed by atoms with Gasteiger partial charge >= 0.3 is 0 Å². The minimum absolute atomic E-state index is 0.355. The number of rotatable bonds is 7. The number of aliphatic imine (C=N–C) groups is 1. The van der Waals surface area contributed by atoms with Crippen LogP contribution in [0.5, 0.6) is 11.5 Å². The second-order valence-electron chi connectivity index (χ2n) is 6.65. The highest BCUT2D eigenvalue weighted by atomic mass is 16.5. The van der Waals surface area contributed by atoms with Crippen LogP contribution in [0.4, 0.5) is 5.69 Å². The molecule has 0 aliphatic carbocycles. The van der Waals surface area contributed by atoms with E-state index in [4.69, 9.17) is 15.2 Å². The first-order chi connectivity index (χ1) is 12.4. The van der Waals surface area contributed by atoms with Gasteiger partial charge in [-0.25, -0.2) is 0 Å². The summed E-state index contributed by atoms with van der Waals surface area (Å²) in [4.78, 5) is 4.47. The summed E-state index contributed by atoms with van der Waals surface area (Å²) >= 11 is 0. The third kappa shape index (κ3) is 5.41. The highest BCUT2D eigenvalue weighted by Crippen LogP contribution is 2.28. The molecule has 0 spiro atoms. The van der Waals surface area contributed by atoms with E-state index in [1.165, 1.54) is 16.7 Å². The summed E-state index contributed by atoms with van der Waals surface area (Å²) in [7, 11) is 3.29. The lowest BCUT2D eigenvalue weighted by atomic mass is 10.0. The van der Waals surface area contributed by atoms with E-state index in [1.54, 1.807) is 14.2 Å². The molecule has 1 unspecified atom stereocenters. The molecule has 5 nitrogen and oxygen atoms in total. The van der Waals surface area contributed by atoms with Crippen molar-refractivity contribution >= 4 is 11.6 Å². The van der Waals surface area contributed by atoms with Gasteiger partial charge in [0.2, 0.25) is 0 Å². The van der Waals surface area contributed by atoms with Crippen LogP contribution in [-0.2, 0) is 6.42 Å². The molecular formula is C21H29N3O2. The number of nitrogens with two attached hydrogens (primary N) is 1. The molecule has 0 aliphatic heterocycles. The van der Waals surface area contributed by atoms with Gasteiger partial charge in [0.05, 0.1) is 14.2 Å². The van der Waals surface area contributed by atoms with Gasteiger partial charge in [-0.15, -0.1) is 0 Å². The van der Waals surface area contributed by atoms with E-state index >= 15 is 0 Å². The minimum atomic E-state index is 0.355. The van der Waals surface area contributed by atoms with E-state index in [2.05, 4.69) is 49.3 Å². The molecule has 2 aromatic rings. The van der Waals surface area contributed by atoms with Crippen molar-refractivity contribution in [2.24, 2.45) is 16.6 Å². The van der Waals surface area contributed by atoms with Crippen molar-refractivity contribution in [2.45, 2.75) is 27.2 Å². The summed E-state index contributed by atoms with van der Waals surface area (Å²) < 4.78 is 10.6. The smallest absolute Gasteiger partial charge is 0.193 e. The van der Waals surface area contributed by atoms with Gasteiger partial charge in [-0.05, 0) is 67.1 Å². The highest BCUT2D eigenvalue weighted by molar-refractivity contribution is 5.92. The van der Waals surface area contributed by atoms with Gasteiger partial charge in [-0.2, -0.15) is 0 Å². The molecule has 0 saturated carbocycles. The second kappa shape index (κ2) is 9.13. The van der Waals surface area contributed by atoms with E-state index in [0.29, 0.717) is 18.4 Å². The van der Waals surface area contributed by atoms with Crippen LogP contribution >= 0.6 is 0 Å². The zero-order chi connectivity index (χ0) is 19.1. The molecule has 0 bridgehead atoms. The minimum Gasteiger partial charge on any atom is -0.493 e. The number of nitrogens with zero attached hydrogens (tertiary/aromatic N) is 1. The molecule has 0 saturated heterocycles. The van der Waals surface area contributed by atoms with Crippen molar-refractivity contribution in [1.82, 2.24) is 0 Å². The molecule has 5 heteroatoms. The maximum absolute atomic E-state index is 6.02. The number of anilines is 1. The summed E-state index contributed by atoms with van der Waals surface area (Å²) in [5.41, 5.74) is 10.7. The Morgan fingerprint density at radius 2 is 1.77 bits per heavy atom. The lowest BCUT2D eigenvalue weighted by Gasteiger charge is -2.13. The first kappa shape index (κ1) is 19.6. The van der Waals surface area contributed by atoms with Gasteiger partial charge in [0.15, 0.2) is 17.5 Å². The molecule has 2 aromatic carbocycles. The molecule has 0 heterocycles. The number of methoxy groups -OCH3 is 2. The van der Waals surface area contributed by atoms with Crippen LogP contribution < -0.4 is 20.5 Å². The third-order valence-corrected chi connectivity index (χ3v) is 4.38. The van der Waals surface area contributed by atoms with E-state index < -0.39 is 0 Å². The maximum atomic E-state index is 6.02. The van der Waals surface area contributed by atoms with Crippen molar-refractivity contribution in [3.63, 3.8) is 0 Å². The highest BCUT2D eigenvalue weighted by Gasteiger charge is 2.08. The Bertz CT molecular complexity index is 772. The molecule has 1 atom stereocenters. The quantitative estimate of drug-likeness (QED) is 0.583. The van der Waals surface area contributed by atoms with Gasteiger partial charge in [0, 0.05) is 12.2 Å². The summed E-state index contributed by atoms with van der Waals surface area (Å²) in [6, 6.07) is 12.2. The van der Waals surface area contributed by atoms with Crippen molar-refractivity contribution < 1.29 is 9.47 Å². The molecule has 2 rings (SSSR count). The van der Waals surface area contributed by atoms with Crippen molar-refractivity contribution in [1.29, 1.82) is 0 Å². The molecule has 0 aliphatic rings. The summed E-state index contributed by atoms with van der Waals surface area (Å²) in [6.45, 7) is 6.98. The number of ether oxygens (including phenoxy) is 2. The predicted molar refractivity (Wildman–Crippen MR) is 108 cm³/mol. The Morgan fingerprint density at radius 1 is 1.04 bits per heavy atom. The summed E-state index contributed by atoms with van der Waals surface area (Å²) in [6.07, 6.45) is 0.890. The fourth-order valence-electron chi connectivity index (χ4n) is 2.74. The van der Waals surface area contributed by atoms with Gasteiger partial charge in [0.25, 0.3) is 0 Å². The molecular weight excluding hydrogens is 326 g/mol. The zero-order valence-corrected chi connectivity index (χ0v) is 16.3. The molecule has 0 radical (unpaired) electrons. The monoisotopic (exact) mass is 355 g/mol. The maximum Gasteiger partial charge on any atom is 0.193 e. The van der Waals surface area contributed by atoms with Crippen LogP contribution in [0.1, 0.15) is 23.6 Å². The second-order valence-corrected chi connectivity index (χ2v) is 6.65. The number of guanidine groups is 1. The molecule has 26 heavy (non-hydrogen) atoms. The molecule has 3 N–H and O–H groups in total. The van der Waals surface area contributed by atoms with Crippen molar-refractivity contribution in [3.05, 3.63) is 53.1 Å². The SMILES string of the molecule is COc1ccc(CC(C)CN=C(N)Nc2ccc(C)c(C)c2)cc1OC. The first-order valence-electron chi connectivity index (χ1n) is 8.78. The van der Waals surface area contributed by atoms with Crippen LogP contribution in [-0.4, -0.2) is 26.7 Å². The van der Waals surface area contributed by atoms with E-state index in [-0.39, 0.29) is 0 Å². The van der Waals surface area contributed by atoms with Gasteiger partial charge in [0.1, 0.15) is 0 Å². The van der Waals surface area contributed by atoms with Crippen LogP contribution in [0.2, 0.25) is 0 Å². The topological polar surface area (TPSA) is 68.9 Å². The van der Waals surface area contributed by atoms with Gasteiger partial charge in [-0.3, -0.25) is 4.99 Å². The number of aryl methyl sites for hydroxylation is 2. The van der Waals surface area contributed by atoms with E-state index in [0.717, 1.165) is 23.6 Å². The summed E-state index contributed by atoms with van der Waals surface area (Å²) in [5.74, 6) is 2.28. The Kier molecular flexibility index (Phi) is 6.89. The number of hydrogen-bond donors (Lipinski definition) is 2. The Balaban J connectivity index is 1.93. The number of benzene rings is 2. The average molecular weight is 355 g/mol. The first-order valence-corrected chi connectivity index (χ1v) is 8.78. The van der Waals surface area contributed by atoms with Gasteiger partial charge in [-0.1, -0.05) is 19.1 Å². The molecule has 0 amide bonds. The molecule has 0 aromatic heterocycles. The lowest BCUT2D eigenvalue weighted by Crippen LogP contribution is -2.24. The fourth-order valence-corrected chi connectivity index (χ4v) is 2.74. The predicted octanol–water partition coefficient (Wildman–Crippen LogP) is 3.93. The molecule has 140 valence electrons. The van der Waals surface area contributed by atoms with Crippen LogP contribution in [0.3, 0.4) is 0 Å². The molecule has 0 fully saturated rings. The van der Waals surface area contributed by atoms with E-state index in [9.17, 15) is 0 Å². The number of nitrogens with one attached hydrogen (secondary N) is 1. The number of hydrogen-bond acceptors (Lipinski definition) is 3. The van der Waals surface area contributed by atoms with Crippen LogP contribution in [0.25, 0.3) is 0 Å². The Labute approximate surface area is 156 Å². The van der Waals surface area contributed by atoms with Crippen molar-refractivity contribution in [2.75, 3.05) is 26.1 Å². The largest absolute Gasteiger partial charge is 0.493 e. The normalized spacial score (nSPS) is 12.6. The zero-order valence-electron chi connectivity index (χ0n) is 16.3. The fraction of sp³-hybridized carbons (Fsp3) is 0.381. The standard InChI is InChI=1S/C21H29N3O2/c1-14(10-17-7-9-19(25-4)20(12-17)26-5)13-23-21(22)24-18-8-6-15(2)16(3)11-18/h6-9,11-12,14H,10,13H2,1-5H3,(H3,22,23,24). The van der Waals surface area contributed by atoms with Gasteiger partial charge < -0.3 is 20.5 Å². The Hall–Kier alpha value is -2.69. The third-order valence-electron chi connectivity index (χ3n) is 4.38. The van der Waals surface area contributed by atoms with Crippen LogP contribution in [0, 0.1) is 19.8 Å². The van der Waals surface area contributed by atoms with Crippen LogP contribution in [0.15, 0.2) is 41.4 Å². The summed E-state index contributed by atoms with van der Waals surface area (Å²) in [5, 5.41) is 3.15. The van der Waals surface area contributed by atoms with Crippen molar-refractivity contribution in [3.8, 4) is 11.5 Å². The van der Waals surface area contributed by atoms with E-state index in [1.807, 2.05) is 18.2 Å². The lowest BCUT2D eigenvalue weighted by molar-refractivity contribution is 0.354.